The first-order valence-electron chi connectivity index (χ1n) is 8.14. The molecule has 1 saturated carbocycles. The first kappa shape index (κ1) is 15.0. The number of carbonyl (C=O) groups is 1. The van der Waals surface area contributed by atoms with Crippen molar-refractivity contribution in [3.05, 3.63) is 16.1 Å². The van der Waals surface area contributed by atoms with E-state index in [-0.39, 0.29) is 11.9 Å². The van der Waals surface area contributed by atoms with Crippen molar-refractivity contribution in [1.29, 1.82) is 0 Å². The third kappa shape index (κ3) is 4.27. The Morgan fingerprint density at radius 1 is 1.24 bits per heavy atom. The van der Waals surface area contributed by atoms with Crippen LogP contribution in [0.15, 0.2) is 5.38 Å². The zero-order valence-corrected chi connectivity index (χ0v) is 13.3. The number of amides is 1. The Labute approximate surface area is 130 Å². The molecule has 0 aromatic carbocycles. The van der Waals surface area contributed by atoms with Crippen LogP contribution in [-0.4, -0.2) is 30.1 Å². The van der Waals surface area contributed by atoms with Crippen molar-refractivity contribution >= 4 is 17.2 Å². The summed E-state index contributed by atoms with van der Waals surface area (Å²) in [4.78, 5) is 16.8. The van der Waals surface area contributed by atoms with Crippen molar-refractivity contribution in [2.75, 3.05) is 13.2 Å². The second-order valence-corrected chi connectivity index (χ2v) is 7.07. The van der Waals surface area contributed by atoms with Gasteiger partial charge in [0.2, 0.25) is 0 Å². The molecule has 0 radical (unpaired) electrons. The molecule has 2 heterocycles. The summed E-state index contributed by atoms with van der Waals surface area (Å²) in [5.41, 5.74) is 1.10. The van der Waals surface area contributed by atoms with Crippen LogP contribution in [0.25, 0.3) is 0 Å². The van der Waals surface area contributed by atoms with Gasteiger partial charge in [0.1, 0.15) is 0 Å². The van der Waals surface area contributed by atoms with Crippen LogP contribution in [0, 0.1) is 5.92 Å². The van der Waals surface area contributed by atoms with Crippen LogP contribution in [-0.2, 0) is 11.2 Å². The molecule has 21 heavy (non-hydrogen) atoms. The van der Waals surface area contributed by atoms with Crippen molar-refractivity contribution in [1.82, 2.24) is 10.3 Å². The van der Waals surface area contributed by atoms with E-state index in [0.717, 1.165) is 44.1 Å². The Morgan fingerprint density at radius 2 is 2.00 bits per heavy atom. The van der Waals surface area contributed by atoms with Crippen LogP contribution in [0.2, 0.25) is 0 Å². The Balaban J connectivity index is 1.52. The number of rotatable bonds is 4. The SMILES string of the molecule is O=C(NC1CCOCC1)c1nc(CC2CCCCC2)cs1. The van der Waals surface area contributed by atoms with E-state index in [1.807, 2.05) is 0 Å². The lowest BCUT2D eigenvalue weighted by Gasteiger charge is -2.22. The van der Waals surface area contributed by atoms with E-state index in [1.54, 1.807) is 0 Å². The van der Waals surface area contributed by atoms with Crippen molar-refractivity contribution in [3.8, 4) is 0 Å². The van der Waals surface area contributed by atoms with Gasteiger partial charge in [0.25, 0.3) is 5.91 Å². The monoisotopic (exact) mass is 308 g/mol. The summed E-state index contributed by atoms with van der Waals surface area (Å²) in [5, 5.41) is 5.76. The van der Waals surface area contributed by atoms with E-state index in [1.165, 1.54) is 43.4 Å². The van der Waals surface area contributed by atoms with Gasteiger partial charge in [-0.1, -0.05) is 32.1 Å². The highest BCUT2D eigenvalue weighted by Gasteiger charge is 2.20. The summed E-state index contributed by atoms with van der Waals surface area (Å²) in [6.45, 7) is 1.49. The minimum absolute atomic E-state index is 0.0122. The molecule has 1 aromatic rings. The van der Waals surface area contributed by atoms with E-state index in [0.29, 0.717) is 5.01 Å². The summed E-state index contributed by atoms with van der Waals surface area (Å²) in [7, 11) is 0. The fourth-order valence-electron chi connectivity index (χ4n) is 3.28. The molecule has 0 bridgehead atoms. The van der Waals surface area contributed by atoms with Gasteiger partial charge in [-0.05, 0) is 25.2 Å². The molecule has 1 aliphatic carbocycles. The maximum absolute atomic E-state index is 12.2. The van der Waals surface area contributed by atoms with Crippen LogP contribution >= 0.6 is 11.3 Å². The molecule has 0 atom stereocenters. The summed E-state index contributed by atoms with van der Waals surface area (Å²) in [6, 6.07) is 0.247. The van der Waals surface area contributed by atoms with Crippen molar-refractivity contribution < 1.29 is 9.53 Å². The summed E-state index contributed by atoms with van der Waals surface area (Å²) in [6.07, 6.45) is 9.59. The second-order valence-electron chi connectivity index (χ2n) is 6.21. The van der Waals surface area contributed by atoms with Crippen LogP contribution in [0.3, 0.4) is 0 Å². The van der Waals surface area contributed by atoms with E-state index >= 15 is 0 Å². The summed E-state index contributed by atoms with van der Waals surface area (Å²) < 4.78 is 5.31. The highest BCUT2D eigenvalue weighted by atomic mass is 32.1. The fourth-order valence-corrected chi connectivity index (χ4v) is 4.01. The van der Waals surface area contributed by atoms with Gasteiger partial charge in [0, 0.05) is 24.6 Å². The molecule has 1 saturated heterocycles. The molecule has 1 aliphatic heterocycles. The first-order chi connectivity index (χ1) is 10.3. The van der Waals surface area contributed by atoms with Crippen molar-refractivity contribution in [2.45, 2.75) is 57.4 Å². The molecule has 2 fully saturated rings. The second kappa shape index (κ2) is 7.36. The topological polar surface area (TPSA) is 51.2 Å². The average molecular weight is 308 g/mol. The van der Waals surface area contributed by atoms with Gasteiger partial charge in [-0.15, -0.1) is 11.3 Å². The average Bonchev–Trinajstić information content (AvgIpc) is 2.98. The molecule has 0 unspecified atom stereocenters. The van der Waals surface area contributed by atoms with Crippen LogP contribution in [0.1, 0.15) is 60.4 Å². The lowest BCUT2D eigenvalue weighted by Crippen LogP contribution is -2.38. The Hall–Kier alpha value is -0.940. The maximum Gasteiger partial charge on any atom is 0.280 e. The molecular formula is C16H24N2O2S. The highest BCUT2D eigenvalue weighted by molar-refractivity contribution is 7.11. The molecule has 3 rings (SSSR count). The van der Waals surface area contributed by atoms with Gasteiger partial charge in [-0.3, -0.25) is 4.79 Å². The maximum atomic E-state index is 12.2. The molecule has 1 amide bonds. The molecule has 5 heteroatoms. The largest absolute Gasteiger partial charge is 0.381 e. The van der Waals surface area contributed by atoms with E-state index in [9.17, 15) is 4.79 Å². The van der Waals surface area contributed by atoms with Crippen LogP contribution in [0.5, 0.6) is 0 Å². The predicted molar refractivity (Wildman–Crippen MR) is 83.7 cm³/mol. The Kier molecular flexibility index (Phi) is 5.25. The van der Waals surface area contributed by atoms with E-state index in [2.05, 4.69) is 15.7 Å². The van der Waals surface area contributed by atoms with Gasteiger partial charge in [0.15, 0.2) is 5.01 Å². The number of hydrogen-bond acceptors (Lipinski definition) is 4. The zero-order valence-electron chi connectivity index (χ0n) is 12.5. The van der Waals surface area contributed by atoms with Gasteiger partial charge >= 0.3 is 0 Å². The van der Waals surface area contributed by atoms with Gasteiger partial charge in [-0.25, -0.2) is 4.98 Å². The van der Waals surface area contributed by atoms with E-state index in [4.69, 9.17) is 4.74 Å². The number of nitrogens with one attached hydrogen (secondary N) is 1. The number of carbonyl (C=O) groups excluding carboxylic acids is 1. The minimum Gasteiger partial charge on any atom is -0.381 e. The third-order valence-electron chi connectivity index (χ3n) is 4.53. The lowest BCUT2D eigenvalue weighted by molar-refractivity contribution is 0.0696. The number of hydrogen-bond donors (Lipinski definition) is 1. The summed E-state index contributed by atoms with van der Waals surface area (Å²) >= 11 is 1.48. The number of aromatic nitrogens is 1. The van der Waals surface area contributed by atoms with Gasteiger partial charge in [-0.2, -0.15) is 0 Å². The Bertz CT molecular complexity index is 463. The normalized spacial score (nSPS) is 21.3. The Morgan fingerprint density at radius 3 is 2.76 bits per heavy atom. The summed E-state index contributed by atoms with van der Waals surface area (Å²) in [5.74, 6) is 0.758. The molecule has 1 aromatic heterocycles. The van der Waals surface area contributed by atoms with Gasteiger partial charge in [0.05, 0.1) is 5.69 Å². The number of ether oxygens (including phenoxy) is 1. The smallest absolute Gasteiger partial charge is 0.280 e. The highest BCUT2D eigenvalue weighted by Crippen LogP contribution is 2.27. The zero-order chi connectivity index (χ0) is 14.5. The molecule has 116 valence electrons. The van der Waals surface area contributed by atoms with Gasteiger partial charge < -0.3 is 10.1 Å². The van der Waals surface area contributed by atoms with E-state index < -0.39 is 0 Å². The molecule has 2 aliphatic rings. The quantitative estimate of drug-likeness (QED) is 0.929. The number of nitrogens with zero attached hydrogens (tertiary/aromatic N) is 1. The molecular weight excluding hydrogens is 284 g/mol. The van der Waals surface area contributed by atoms with Crippen LogP contribution in [0.4, 0.5) is 0 Å². The first-order valence-corrected chi connectivity index (χ1v) is 9.02. The standard InChI is InChI=1S/C16H24N2O2S/c19-15(17-13-6-8-20-9-7-13)16-18-14(11-21-16)10-12-4-2-1-3-5-12/h11-13H,1-10H2,(H,17,19). The molecule has 1 N–H and O–H groups in total. The van der Waals surface area contributed by atoms with Crippen LogP contribution < -0.4 is 5.32 Å². The lowest BCUT2D eigenvalue weighted by atomic mass is 9.86. The van der Waals surface area contributed by atoms with Crippen molar-refractivity contribution in [3.63, 3.8) is 0 Å². The third-order valence-corrected chi connectivity index (χ3v) is 5.41. The van der Waals surface area contributed by atoms with Crippen molar-refractivity contribution in [2.24, 2.45) is 5.92 Å². The minimum atomic E-state index is -0.0122. The number of thiazole rings is 1. The molecule has 0 spiro atoms. The fraction of sp³-hybridized carbons (Fsp3) is 0.750. The predicted octanol–water partition coefficient (Wildman–Crippen LogP) is 3.17. The molecule has 4 nitrogen and oxygen atoms in total.